The molecule has 4 nitrogen and oxygen atoms in total. The third-order valence-electron chi connectivity index (χ3n) is 5.06. The van der Waals surface area contributed by atoms with E-state index in [1.165, 1.54) is 96.3 Å². The Balaban J connectivity index is 0. The van der Waals surface area contributed by atoms with Gasteiger partial charge in [0.05, 0.1) is 5.25 Å². The summed E-state index contributed by atoms with van der Waals surface area (Å²) in [5, 5.41) is 17.1. The van der Waals surface area contributed by atoms with Gasteiger partial charge in [-0.1, -0.05) is 104 Å². The fourth-order valence-corrected chi connectivity index (χ4v) is 4.41. The van der Waals surface area contributed by atoms with Gasteiger partial charge in [-0.3, -0.25) is 9.59 Å². The Labute approximate surface area is 184 Å². The first-order valence-corrected chi connectivity index (χ1v) is 12.9. The van der Waals surface area contributed by atoms with E-state index in [2.05, 4.69) is 13.8 Å². The minimum atomic E-state index is -0.745. The molecule has 174 valence electrons. The maximum absolute atomic E-state index is 11.1. The first kappa shape index (κ1) is 30.5. The molecule has 2 unspecified atom stereocenters. The smallest absolute Gasteiger partial charge is 0.316 e. The van der Waals surface area contributed by atoms with E-state index in [0.29, 0.717) is 5.25 Å². The second-order valence-corrected chi connectivity index (χ2v) is 9.60. The molecule has 0 heterocycles. The third kappa shape index (κ3) is 25.3. The van der Waals surface area contributed by atoms with Crippen LogP contribution in [0.4, 0.5) is 0 Å². The minimum absolute atomic E-state index is 0.222. The summed E-state index contributed by atoms with van der Waals surface area (Å²) in [5.41, 5.74) is 0. The first-order valence-electron chi connectivity index (χ1n) is 12.0. The van der Waals surface area contributed by atoms with E-state index >= 15 is 0 Å². The molecule has 5 heteroatoms. The van der Waals surface area contributed by atoms with Gasteiger partial charge in [0.15, 0.2) is 0 Å². The maximum Gasteiger partial charge on any atom is 0.316 e. The van der Waals surface area contributed by atoms with Crippen molar-refractivity contribution in [2.75, 3.05) is 0 Å². The molecular weight excluding hydrogens is 384 g/mol. The molecule has 2 N–H and O–H groups in total. The summed E-state index contributed by atoms with van der Waals surface area (Å²) in [6.07, 6.45) is 20.1. The molecule has 0 aliphatic carbocycles. The zero-order valence-corrected chi connectivity index (χ0v) is 20.4. The lowest BCUT2D eigenvalue weighted by atomic mass is 10.0. The zero-order chi connectivity index (χ0) is 22.3. The Hall–Kier alpha value is -0.710. The maximum atomic E-state index is 11.1. The summed E-state index contributed by atoms with van der Waals surface area (Å²) in [7, 11) is 0. The van der Waals surface area contributed by atoms with E-state index in [1.807, 2.05) is 6.92 Å². The molecule has 0 amide bonds. The lowest BCUT2D eigenvalue weighted by Crippen LogP contribution is -2.17. The van der Waals surface area contributed by atoms with E-state index in [9.17, 15) is 9.59 Å². The summed E-state index contributed by atoms with van der Waals surface area (Å²) >= 11 is 1.68. The van der Waals surface area contributed by atoms with Gasteiger partial charge in [-0.05, 0) is 19.8 Å². The standard InChI is InChI=1S/C21H42O2S.C3H6O2/c1-4-6-8-9-10-11-12-13-14-16-18-20(17-15-7-5-2)24-19(3)21(22)23;1-2-3(4)5/h19-20H,4-18H2,1-3H3,(H,22,23);2H2,1H3,(H,4,5). The van der Waals surface area contributed by atoms with Gasteiger partial charge in [-0.15, -0.1) is 11.8 Å². The van der Waals surface area contributed by atoms with Gasteiger partial charge in [-0.2, -0.15) is 0 Å². The average molecular weight is 433 g/mol. The van der Waals surface area contributed by atoms with Gasteiger partial charge in [-0.25, -0.2) is 0 Å². The molecule has 0 aliphatic rings. The van der Waals surface area contributed by atoms with E-state index in [-0.39, 0.29) is 11.7 Å². The zero-order valence-electron chi connectivity index (χ0n) is 19.6. The first-order chi connectivity index (χ1) is 13.9. The SMILES string of the molecule is CCC(=O)O.CCCCCCCCCCCCC(CCCCC)SC(C)C(=O)O. The van der Waals surface area contributed by atoms with Crippen molar-refractivity contribution in [3.63, 3.8) is 0 Å². The van der Waals surface area contributed by atoms with Crippen molar-refractivity contribution in [3.05, 3.63) is 0 Å². The minimum Gasteiger partial charge on any atom is -0.481 e. The quantitative estimate of drug-likeness (QED) is 0.203. The van der Waals surface area contributed by atoms with Gasteiger partial charge >= 0.3 is 11.9 Å². The Morgan fingerprint density at radius 3 is 1.41 bits per heavy atom. The Bertz CT molecular complexity index is 374. The van der Waals surface area contributed by atoms with E-state index < -0.39 is 11.9 Å². The molecule has 2 atom stereocenters. The topological polar surface area (TPSA) is 74.6 Å². The number of aliphatic carboxylic acids is 2. The number of carbonyl (C=O) groups is 2. The molecule has 0 bridgehead atoms. The average Bonchev–Trinajstić information content (AvgIpc) is 2.69. The van der Waals surface area contributed by atoms with Gasteiger partial charge in [0.25, 0.3) is 0 Å². The van der Waals surface area contributed by atoms with Gasteiger partial charge in [0.1, 0.15) is 0 Å². The van der Waals surface area contributed by atoms with Crippen LogP contribution in [0.5, 0.6) is 0 Å². The highest BCUT2D eigenvalue weighted by molar-refractivity contribution is 8.01. The van der Waals surface area contributed by atoms with Crippen molar-refractivity contribution in [2.45, 2.75) is 141 Å². The van der Waals surface area contributed by atoms with Crippen LogP contribution in [-0.2, 0) is 9.59 Å². The van der Waals surface area contributed by atoms with E-state index in [4.69, 9.17) is 10.2 Å². The number of unbranched alkanes of at least 4 members (excludes halogenated alkanes) is 11. The predicted molar refractivity (Wildman–Crippen MR) is 127 cm³/mol. The van der Waals surface area contributed by atoms with Crippen molar-refractivity contribution < 1.29 is 19.8 Å². The van der Waals surface area contributed by atoms with Gasteiger partial charge < -0.3 is 10.2 Å². The van der Waals surface area contributed by atoms with Gasteiger partial charge in [0.2, 0.25) is 0 Å². The monoisotopic (exact) mass is 432 g/mol. The highest BCUT2D eigenvalue weighted by Crippen LogP contribution is 2.27. The highest BCUT2D eigenvalue weighted by Gasteiger charge is 2.18. The van der Waals surface area contributed by atoms with Crippen molar-refractivity contribution in [1.29, 1.82) is 0 Å². The number of thioether (sulfide) groups is 1. The molecule has 0 aromatic rings. The third-order valence-corrected chi connectivity index (χ3v) is 6.52. The molecular formula is C24H48O4S. The molecule has 0 aliphatic heterocycles. The molecule has 0 rings (SSSR count). The highest BCUT2D eigenvalue weighted by atomic mass is 32.2. The van der Waals surface area contributed by atoms with E-state index in [1.54, 1.807) is 18.7 Å². The van der Waals surface area contributed by atoms with E-state index in [0.717, 1.165) is 0 Å². The number of hydrogen-bond donors (Lipinski definition) is 2. The van der Waals surface area contributed by atoms with Crippen LogP contribution in [0.2, 0.25) is 0 Å². The number of carboxylic acid groups (broad SMARTS) is 2. The van der Waals surface area contributed by atoms with Crippen LogP contribution in [-0.4, -0.2) is 32.7 Å². The summed E-state index contributed by atoms with van der Waals surface area (Å²) in [4.78, 5) is 20.5. The second-order valence-electron chi connectivity index (χ2n) is 7.95. The largest absolute Gasteiger partial charge is 0.481 e. The van der Waals surface area contributed by atoms with Crippen LogP contribution < -0.4 is 0 Å². The molecule has 0 spiro atoms. The lowest BCUT2D eigenvalue weighted by Gasteiger charge is -2.18. The Kier molecular flexibility index (Phi) is 24.8. The number of carboxylic acids is 2. The number of rotatable bonds is 19. The van der Waals surface area contributed by atoms with Crippen LogP contribution >= 0.6 is 11.8 Å². The van der Waals surface area contributed by atoms with Crippen molar-refractivity contribution >= 4 is 23.7 Å². The summed E-state index contributed by atoms with van der Waals surface area (Å²) in [6.45, 7) is 7.93. The van der Waals surface area contributed by atoms with Crippen LogP contribution in [0.3, 0.4) is 0 Å². The molecule has 0 aromatic heterocycles. The normalized spacial score (nSPS) is 12.7. The fraction of sp³-hybridized carbons (Fsp3) is 0.917. The lowest BCUT2D eigenvalue weighted by molar-refractivity contribution is -0.137. The summed E-state index contributed by atoms with van der Waals surface area (Å²) < 4.78 is 0. The van der Waals surface area contributed by atoms with Crippen LogP contribution in [0, 0.1) is 0 Å². The van der Waals surface area contributed by atoms with Crippen LogP contribution in [0.15, 0.2) is 0 Å². The molecule has 0 saturated carbocycles. The van der Waals surface area contributed by atoms with Crippen molar-refractivity contribution in [2.24, 2.45) is 0 Å². The van der Waals surface area contributed by atoms with Crippen molar-refractivity contribution in [1.82, 2.24) is 0 Å². The molecule has 0 aromatic carbocycles. The molecule has 0 fully saturated rings. The Morgan fingerprint density at radius 1 is 0.690 bits per heavy atom. The molecule has 0 radical (unpaired) electrons. The predicted octanol–water partition coefficient (Wildman–Crippen LogP) is 7.93. The van der Waals surface area contributed by atoms with Crippen molar-refractivity contribution in [3.8, 4) is 0 Å². The van der Waals surface area contributed by atoms with Gasteiger partial charge in [0, 0.05) is 11.7 Å². The Morgan fingerprint density at radius 2 is 1.03 bits per heavy atom. The number of hydrogen-bond acceptors (Lipinski definition) is 3. The summed E-state index contributed by atoms with van der Waals surface area (Å²) in [6, 6.07) is 0. The molecule has 29 heavy (non-hydrogen) atoms. The second kappa shape index (κ2) is 23.6. The fourth-order valence-electron chi connectivity index (χ4n) is 3.11. The van der Waals surface area contributed by atoms with Crippen LogP contribution in [0.25, 0.3) is 0 Å². The summed E-state index contributed by atoms with van der Waals surface area (Å²) in [5.74, 6) is -1.41. The molecule has 0 saturated heterocycles. The van der Waals surface area contributed by atoms with Crippen LogP contribution in [0.1, 0.15) is 130 Å².